The third kappa shape index (κ3) is 21.4. The van der Waals surface area contributed by atoms with Crippen LogP contribution in [0, 0.1) is 5.92 Å². The van der Waals surface area contributed by atoms with E-state index in [-0.39, 0.29) is 102 Å². The monoisotopic (exact) mass is 1340 g/mol. The number of amides is 11. The van der Waals surface area contributed by atoms with Crippen LogP contribution in [0.15, 0.2) is 84.9 Å². The number of carbonyl (C=O) groups is 11. The molecular weight excluding hydrogens is 1250 g/mol. The fourth-order valence-electron chi connectivity index (χ4n) is 10.9. The molecule has 94 heavy (non-hydrogen) atoms. The highest BCUT2D eigenvalue weighted by atomic mass is 33.1. The zero-order valence-corrected chi connectivity index (χ0v) is 54.7. The van der Waals surface area contributed by atoms with E-state index in [4.69, 9.17) is 34.4 Å². The molecule has 1 aliphatic rings. The summed E-state index contributed by atoms with van der Waals surface area (Å²) in [5, 5.41) is 43.5. The van der Waals surface area contributed by atoms with Crippen molar-refractivity contribution in [3.8, 4) is 0 Å². The van der Waals surface area contributed by atoms with Crippen LogP contribution in [-0.2, 0) is 65.6 Å². The van der Waals surface area contributed by atoms with E-state index in [1.807, 2.05) is 30.3 Å². The number of primary amides is 1. The summed E-state index contributed by atoms with van der Waals surface area (Å²) in [7, 11) is 1.86. The number of nitrogens with two attached hydrogens (primary N) is 6. The van der Waals surface area contributed by atoms with Crippen LogP contribution in [0.1, 0.15) is 76.8 Å². The summed E-state index contributed by atoms with van der Waals surface area (Å²) in [5.41, 5.74) is 36.9. The molecule has 5 aromatic rings. The van der Waals surface area contributed by atoms with Gasteiger partial charge in [-0.25, -0.2) is 0 Å². The van der Waals surface area contributed by atoms with Gasteiger partial charge in [0, 0.05) is 24.3 Å². The van der Waals surface area contributed by atoms with Crippen LogP contribution in [0.2, 0.25) is 0 Å². The van der Waals surface area contributed by atoms with Crippen LogP contribution < -0.4 is 87.6 Å². The van der Waals surface area contributed by atoms with E-state index in [9.17, 15) is 57.8 Å². The normalized spacial score (nSPS) is 21.3. The Balaban J connectivity index is 1.23. The van der Waals surface area contributed by atoms with Crippen LogP contribution in [0.4, 0.5) is 0 Å². The van der Waals surface area contributed by atoms with Crippen molar-refractivity contribution in [1.82, 2.24) is 53.2 Å². The first-order chi connectivity index (χ1) is 45.0. The summed E-state index contributed by atoms with van der Waals surface area (Å²) in [6, 6.07) is 12.6. The Morgan fingerprint density at radius 1 is 0.532 bits per heavy atom. The number of hydrogen-bond donors (Lipinski definition) is 17. The maximum atomic E-state index is 14.6. The molecule has 0 aromatic heterocycles. The lowest BCUT2D eigenvalue weighted by molar-refractivity contribution is -0.136. The van der Waals surface area contributed by atoms with Crippen molar-refractivity contribution >= 4 is 119 Å². The van der Waals surface area contributed by atoms with E-state index in [1.54, 1.807) is 44.2 Å². The zero-order chi connectivity index (χ0) is 68.6. The predicted octanol–water partition coefficient (Wildman–Crippen LogP) is -2.34. The lowest BCUT2D eigenvalue weighted by atomic mass is 9.91. The van der Waals surface area contributed by atoms with E-state index in [0.29, 0.717) is 12.0 Å². The van der Waals surface area contributed by atoms with Gasteiger partial charge in [-0.05, 0) is 134 Å². The number of carbonyl (C=O) groups excluding carboxylic acids is 11. The molecular formula is C64H90N16O12S2. The van der Waals surface area contributed by atoms with Crippen LogP contribution in [-0.4, -0.2) is 181 Å². The molecule has 0 spiro atoms. The summed E-state index contributed by atoms with van der Waals surface area (Å²) < 4.78 is 0. The molecule has 11 atom stereocenters. The molecule has 5 aromatic carbocycles. The first-order valence-electron chi connectivity index (χ1n) is 31.4. The van der Waals surface area contributed by atoms with Gasteiger partial charge in [0.15, 0.2) is 0 Å². The summed E-state index contributed by atoms with van der Waals surface area (Å²) in [5.74, 6) is -10.3. The van der Waals surface area contributed by atoms with E-state index < -0.39 is 132 Å². The Labute approximate surface area is 553 Å². The lowest BCUT2D eigenvalue weighted by Gasteiger charge is -2.28. The first kappa shape index (κ1) is 74.8. The molecule has 0 radical (unpaired) electrons. The van der Waals surface area contributed by atoms with Crippen LogP contribution in [0.5, 0.6) is 0 Å². The fourth-order valence-corrected chi connectivity index (χ4v) is 13.2. The second kappa shape index (κ2) is 37.0. The van der Waals surface area contributed by atoms with E-state index in [0.717, 1.165) is 59.5 Å². The Kier molecular flexibility index (Phi) is 29.5. The quantitative estimate of drug-likeness (QED) is 0.0204. The number of aliphatic hydroxyl groups excluding tert-OH is 1. The molecule has 510 valence electrons. The minimum Gasteiger partial charge on any atom is -0.391 e. The number of benzene rings is 5. The highest BCUT2D eigenvalue weighted by molar-refractivity contribution is 8.76. The largest absolute Gasteiger partial charge is 0.391 e. The van der Waals surface area contributed by atoms with Crippen molar-refractivity contribution in [3.63, 3.8) is 0 Å². The molecule has 0 saturated carbocycles. The van der Waals surface area contributed by atoms with Crippen molar-refractivity contribution in [2.24, 2.45) is 40.3 Å². The molecule has 1 fully saturated rings. The second-order valence-corrected chi connectivity index (χ2v) is 26.1. The molecule has 1 aliphatic heterocycles. The maximum absolute atomic E-state index is 14.6. The van der Waals surface area contributed by atoms with Gasteiger partial charge in [-0.15, -0.1) is 0 Å². The summed E-state index contributed by atoms with van der Waals surface area (Å²) in [6.07, 6.45) is -2.06. The van der Waals surface area contributed by atoms with E-state index >= 15 is 0 Å². The molecule has 28 nitrogen and oxygen atoms in total. The van der Waals surface area contributed by atoms with Crippen molar-refractivity contribution < 1.29 is 57.8 Å². The van der Waals surface area contributed by atoms with Gasteiger partial charge < -0.3 is 92.7 Å². The molecule has 1 heterocycles. The molecule has 30 heteroatoms. The summed E-state index contributed by atoms with van der Waals surface area (Å²) in [6.45, 7) is 4.17. The van der Waals surface area contributed by atoms with Gasteiger partial charge in [-0.3, -0.25) is 52.7 Å². The Morgan fingerprint density at radius 3 is 1.60 bits per heavy atom. The highest BCUT2D eigenvalue weighted by Crippen LogP contribution is 2.36. The third-order valence-corrected chi connectivity index (χ3v) is 18.3. The molecule has 6 rings (SSSR count). The Bertz CT molecular complexity index is 3420. The molecule has 0 aliphatic carbocycles. The number of rotatable bonds is 26. The molecule has 11 amide bonds. The minimum absolute atomic E-state index is 0.0121. The predicted molar refractivity (Wildman–Crippen MR) is 362 cm³/mol. The molecule has 23 N–H and O–H groups in total. The zero-order valence-electron chi connectivity index (χ0n) is 53.0. The van der Waals surface area contributed by atoms with Gasteiger partial charge in [0.05, 0.1) is 6.10 Å². The Morgan fingerprint density at radius 2 is 1.03 bits per heavy atom. The number of aryl methyl sites for hydroxylation is 1. The average molecular weight is 1340 g/mol. The lowest BCUT2D eigenvalue weighted by Crippen LogP contribution is -2.62. The minimum atomic E-state index is -1.72. The van der Waals surface area contributed by atoms with E-state index in [1.165, 1.54) is 6.92 Å². The van der Waals surface area contributed by atoms with Crippen LogP contribution in [0.3, 0.4) is 0 Å². The summed E-state index contributed by atoms with van der Waals surface area (Å²) >= 11 is 0. The van der Waals surface area contributed by atoms with Crippen molar-refractivity contribution in [3.05, 3.63) is 96.1 Å². The van der Waals surface area contributed by atoms with Crippen molar-refractivity contribution in [2.75, 3.05) is 44.2 Å². The molecule has 4 unspecified atom stereocenters. The standard InChI is InChI=1S/C64H90N16O12S2/c1-34(2)30-47-61(89)73-43(21-26-66)56(84)72-45(23-28-68)58(86)78-49(55(70)83)32-93-94-33-50(63(91)74-44(22-27-67)57(85)77-48(62(90)76-47)31-36-8-5-4-6-9-36)79-59(87)46(24-29-69)75-64(92)54(35(3)81)80-60(88)42(20-25-65)71-51(82)19-17-37-12-13-40-15-14-38-10-7-11-39-16-18-41(37)53(40)52(38)39/h4-16,18,34-35,42-50,54,81H,17,19-33,65-69H2,1-3H3,(H2,70,83)(H,71,82)(H,72,84)(H,73,89)(H,74,91)(H,75,92)(H,76,90)(H,77,85)(H,78,86)(H,79,87)(H,80,88)/t35-,42+,43?,44+,45+,46+,47?,48?,49+,50?,54+/m1/s1. The second-order valence-electron chi connectivity index (χ2n) is 23.6. The topological polar surface area (TPSA) is 484 Å². The van der Waals surface area contributed by atoms with Gasteiger partial charge in [0.25, 0.3) is 0 Å². The Hall–Kier alpha value is -8.23. The SMILES string of the molecule is CC(C)CC1NC(=O)C(Cc2ccccc2)NC(=O)[C@H](CCN)NC(=O)C(NC(=O)[C@H](CCN)NC(=O)[C@@H](NC(=O)[C@H](CCN)NC(=O)CCc2ccc3ccc4cccc5ccc2c3c45)[C@@H](C)O)CSSC[C@@H](C(N)=O)NC(=O)[C@H](CCN)NC(=O)C(CCN)NC1=O. The van der Waals surface area contributed by atoms with Gasteiger partial charge in [0.2, 0.25) is 65.0 Å². The van der Waals surface area contributed by atoms with Crippen LogP contribution >= 0.6 is 21.6 Å². The maximum Gasteiger partial charge on any atom is 0.245 e. The van der Waals surface area contributed by atoms with Crippen LogP contribution in [0.25, 0.3) is 32.3 Å². The van der Waals surface area contributed by atoms with Gasteiger partial charge in [-0.1, -0.05) is 120 Å². The first-order valence-corrected chi connectivity index (χ1v) is 33.9. The molecule has 1 saturated heterocycles. The van der Waals surface area contributed by atoms with Crippen molar-refractivity contribution in [2.45, 2.75) is 145 Å². The number of aliphatic hydroxyl groups is 1. The number of nitrogens with one attached hydrogen (secondary N) is 10. The fraction of sp³-hybridized carbons (Fsp3) is 0.484. The highest BCUT2D eigenvalue weighted by Gasteiger charge is 2.37. The summed E-state index contributed by atoms with van der Waals surface area (Å²) in [4.78, 5) is 155. The third-order valence-electron chi connectivity index (χ3n) is 15.9. The number of hydrogen-bond acceptors (Lipinski definition) is 19. The average Bonchev–Trinajstić information content (AvgIpc) is 0.744. The van der Waals surface area contributed by atoms with E-state index in [2.05, 4.69) is 77.4 Å². The van der Waals surface area contributed by atoms with Gasteiger partial charge in [-0.2, -0.15) is 0 Å². The smallest absolute Gasteiger partial charge is 0.245 e. The van der Waals surface area contributed by atoms with Gasteiger partial charge in [0.1, 0.15) is 60.4 Å². The van der Waals surface area contributed by atoms with Crippen molar-refractivity contribution in [1.29, 1.82) is 0 Å². The van der Waals surface area contributed by atoms with Gasteiger partial charge >= 0.3 is 0 Å². The molecule has 0 bridgehead atoms.